The first-order valence-electron chi connectivity index (χ1n) is 12.9. The third-order valence-electron chi connectivity index (χ3n) is 6.37. The second kappa shape index (κ2) is 13.1. The lowest BCUT2D eigenvalue weighted by Crippen LogP contribution is -2.09. The number of hydrogen-bond acceptors (Lipinski definition) is 16. The highest BCUT2D eigenvalue weighted by Gasteiger charge is 2.24. The number of nitrogens with one attached hydrogen (secondary N) is 2. The molecular weight excluding hydrogens is 770 g/mol. The summed E-state index contributed by atoms with van der Waals surface area (Å²) in [7, 11) is -19.4. The maximum Gasteiger partial charge on any atom is 0.296 e. The summed E-state index contributed by atoms with van der Waals surface area (Å²) < 4.78 is 132. The predicted octanol–water partition coefficient (Wildman–Crippen LogP) is 4.27. The highest BCUT2D eigenvalue weighted by Crippen LogP contribution is 2.42. The average Bonchev–Trinajstić information content (AvgIpc) is 2.99. The zero-order valence-electron chi connectivity index (χ0n) is 24.1. The van der Waals surface area contributed by atoms with Crippen molar-refractivity contribution in [2.45, 2.75) is 19.6 Å². The number of phenolic OH excluding ortho intramolecular Hbond substituents is 1. The number of anilines is 4. The Labute approximate surface area is 286 Å². The van der Waals surface area contributed by atoms with Gasteiger partial charge in [0.25, 0.3) is 40.5 Å². The van der Waals surface area contributed by atoms with Crippen LogP contribution >= 0.6 is 11.6 Å². The van der Waals surface area contributed by atoms with E-state index in [1.54, 1.807) is 0 Å². The average molecular weight is 788 g/mol. The normalized spacial score (nSPS) is 12.7. The SMILES string of the molecule is O=S(=O)(O)c1ccc(N=Nc2c(S(=O)(=O)O)cc3ccc(Nc4nc(Cl)nc(Nc5ccc(S(=O)(=O)O)cc5S(=O)(=O)O)n4)cc3c2O)cc1. The van der Waals surface area contributed by atoms with E-state index in [-0.39, 0.29) is 28.1 Å². The van der Waals surface area contributed by atoms with Gasteiger partial charge in [0, 0.05) is 11.1 Å². The van der Waals surface area contributed by atoms with Gasteiger partial charge in [-0.2, -0.15) is 53.7 Å². The molecule has 0 saturated carbocycles. The highest BCUT2D eigenvalue weighted by atomic mass is 35.5. The van der Waals surface area contributed by atoms with Crippen molar-refractivity contribution in [1.29, 1.82) is 0 Å². The Bertz CT molecular complexity index is 2680. The van der Waals surface area contributed by atoms with E-state index in [9.17, 15) is 52.4 Å². The first kappa shape index (κ1) is 36.4. The molecule has 1 aromatic heterocycles. The van der Waals surface area contributed by atoms with Crippen molar-refractivity contribution in [1.82, 2.24) is 15.0 Å². The minimum atomic E-state index is -5.05. The molecule has 262 valence electrons. The number of hydrogen-bond donors (Lipinski definition) is 7. The summed E-state index contributed by atoms with van der Waals surface area (Å²) in [5.74, 6) is -1.46. The van der Waals surface area contributed by atoms with E-state index in [1.807, 2.05) is 0 Å². The van der Waals surface area contributed by atoms with Crippen LogP contribution < -0.4 is 10.6 Å². The van der Waals surface area contributed by atoms with Gasteiger partial charge in [-0.15, -0.1) is 5.11 Å². The Kier molecular flexibility index (Phi) is 9.51. The van der Waals surface area contributed by atoms with Crippen LogP contribution in [-0.4, -0.2) is 71.9 Å². The highest BCUT2D eigenvalue weighted by molar-refractivity contribution is 7.87. The fourth-order valence-corrected chi connectivity index (χ4v) is 6.75. The summed E-state index contributed by atoms with van der Waals surface area (Å²) in [6, 6.07) is 11.4. The van der Waals surface area contributed by atoms with E-state index in [1.165, 1.54) is 18.2 Å². The molecule has 5 rings (SSSR count). The second-order valence-electron chi connectivity index (χ2n) is 9.76. The fourth-order valence-electron chi connectivity index (χ4n) is 4.20. The van der Waals surface area contributed by atoms with E-state index < -0.39 is 88.4 Å². The van der Waals surface area contributed by atoms with Crippen molar-refractivity contribution in [2.24, 2.45) is 10.2 Å². The molecule has 1 heterocycles. The van der Waals surface area contributed by atoms with Crippen LogP contribution in [0.15, 0.2) is 96.5 Å². The molecule has 0 fully saturated rings. The van der Waals surface area contributed by atoms with Crippen molar-refractivity contribution in [3.05, 3.63) is 72.0 Å². The van der Waals surface area contributed by atoms with Crippen LogP contribution in [-0.2, 0) is 40.5 Å². The summed E-state index contributed by atoms with van der Waals surface area (Å²) in [6.45, 7) is 0. The molecule has 0 saturated heterocycles. The first-order valence-corrected chi connectivity index (χ1v) is 19.0. The van der Waals surface area contributed by atoms with Crippen LogP contribution in [0, 0.1) is 0 Å². The van der Waals surface area contributed by atoms with Crippen LogP contribution in [0.1, 0.15) is 0 Å². The zero-order valence-corrected chi connectivity index (χ0v) is 28.1. The zero-order chi connectivity index (χ0) is 36.8. The van der Waals surface area contributed by atoms with E-state index in [4.69, 9.17) is 16.2 Å². The molecule has 25 heteroatoms. The number of azo groups is 1. The molecule has 0 amide bonds. The molecule has 7 N–H and O–H groups in total. The third-order valence-corrected chi connectivity index (χ3v) is 10.0. The first-order chi connectivity index (χ1) is 23.1. The lowest BCUT2D eigenvalue weighted by molar-refractivity contribution is 0.472. The van der Waals surface area contributed by atoms with Crippen LogP contribution in [0.3, 0.4) is 0 Å². The number of aromatic hydroxyl groups is 1. The number of halogens is 1. The minimum Gasteiger partial charge on any atom is -0.505 e. The Hall–Kier alpha value is -4.92. The van der Waals surface area contributed by atoms with Crippen LogP contribution in [0.2, 0.25) is 5.28 Å². The molecule has 4 aromatic carbocycles. The summed E-state index contributed by atoms with van der Waals surface area (Å²) in [5, 5.41) is 23.4. The molecule has 0 aliphatic rings. The van der Waals surface area contributed by atoms with E-state index >= 15 is 0 Å². The molecule has 20 nitrogen and oxygen atoms in total. The third kappa shape index (κ3) is 8.26. The number of aromatic nitrogens is 3. The molecule has 0 aliphatic carbocycles. The van der Waals surface area contributed by atoms with Crippen molar-refractivity contribution in [2.75, 3.05) is 10.6 Å². The van der Waals surface area contributed by atoms with Gasteiger partial charge in [-0.3, -0.25) is 18.2 Å². The maximum atomic E-state index is 12.2. The lowest BCUT2D eigenvalue weighted by Gasteiger charge is -2.13. The van der Waals surface area contributed by atoms with E-state index in [0.717, 1.165) is 42.5 Å². The largest absolute Gasteiger partial charge is 0.505 e. The Balaban J connectivity index is 1.51. The van der Waals surface area contributed by atoms with Crippen molar-refractivity contribution in [3.63, 3.8) is 0 Å². The summed E-state index contributed by atoms with van der Waals surface area (Å²) in [5.41, 5.74) is -1.00. The monoisotopic (exact) mass is 787 g/mol. The van der Waals surface area contributed by atoms with Gasteiger partial charge in [0.05, 0.1) is 21.2 Å². The second-order valence-corrected chi connectivity index (χ2v) is 15.7. The van der Waals surface area contributed by atoms with Crippen molar-refractivity contribution < 1.29 is 57.0 Å². The smallest absolute Gasteiger partial charge is 0.296 e. The number of phenols is 1. The molecule has 5 aromatic rings. The van der Waals surface area contributed by atoms with Crippen molar-refractivity contribution >= 4 is 97.5 Å². The molecular formula is C25H18ClN7O13S4. The van der Waals surface area contributed by atoms with Gasteiger partial charge in [0.2, 0.25) is 17.2 Å². The topological polar surface area (TPSA) is 325 Å². The van der Waals surface area contributed by atoms with E-state index in [2.05, 4.69) is 35.8 Å². The molecule has 0 aliphatic heterocycles. The van der Waals surface area contributed by atoms with Gasteiger partial charge < -0.3 is 15.7 Å². The van der Waals surface area contributed by atoms with Gasteiger partial charge in [-0.1, -0.05) is 6.07 Å². The van der Waals surface area contributed by atoms with Crippen LogP contribution in [0.5, 0.6) is 5.75 Å². The fraction of sp³-hybridized carbons (Fsp3) is 0. The molecule has 0 unspecified atom stereocenters. The van der Waals surface area contributed by atoms with Gasteiger partial charge in [0.15, 0.2) is 5.75 Å². The van der Waals surface area contributed by atoms with Crippen LogP contribution in [0.4, 0.5) is 34.6 Å². The van der Waals surface area contributed by atoms with Crippen molar-refractivity contribution in [3.8, 4) is 5.75 Å². The summed E-state index contributed by atoms with van der Waals surface area (Å²) in [6.07, 6.45) is 0. The van der Waals surface area contributed by atoms with E-state index in [0.29, 0.717) is 6.07 Å². The quantitative estimate of drug-likeness (QED) is 0.0767. The van der Waals surface area contributed by atoms with Gasteiger partial charge in [-0.25, -0.2) is 0 Å². The number of rotatable bonds is 10. The maximum absolute atomic E-state index is 12.2. The molecule has 0 spiro atoms. The summed E-state index contributed by atoms with van der Waals surface area (Å²) >= 11 is 6.01. The van der Waals surface area contributed by atoms with Gasteiger partial charge in [0.1, 0.15) is 15.5 Å². The Morgan fingerprint density at radius 2 is 1.18 bits per heavy atom. The molecule has 50 heavy (non-hydrogen) atoms. The molecule has 0 radical (unpaired) electrons. The van der Waals surface area contributed by atoms with Gasteiger partial charge >= 0.3 is 0 Å². The Morgan fingerprint density at radius 1 is 0.600 bits per heavy atom. The molecule has 0 bridgehead atoms. The van der Waals surface area contributed by atoms with Gasteiger partial charge in [-0.05, 0) is 77.7 Å². The molecule has 0 atom stereocenters. The number of nitrogens with zero attached hydrogens (tertiary/aromatic N) is 5. The predicted molar refractivity (Wildman–Crippen MR) is 173 cm³/mol. The minimum absolute atomic E-state index is 0.0252. The number of fused-ring (bicyclic) bond motifs is 1. The Morgan fingerprint density at radius 3 is 1.76 bits per heavy atom. The lowest BCUT2D eigenvalue weighted by atomic mass is 10.1. The van der Waals surface area contributed by atoms with Crippen LogP contribution in [0.25, 0.3) is 10.8 Å². The summed E-state index contributed by atoms with van der Waals surface area (Å²) in [4.78, 5) is 8.64. The standard InChI is InChI=1S/C25H18ClN7O13S4/c26-23-29-24(31-25(30-23)28-18-8-7-16(48(38,39)40)11-19(18)49(41,42)43)27-14-2-1-12-9-20(50(44,45)46)21(22(34)17(12)10-14)33-32-13-3-5-15(6-4-13)47(35,36)37/h1-11,34H,(H,35,36,37)(H,38,39,40)(H,41,42,43)(H,44,45,46)(H2,27,28,29,30,31). The number of benzene rings is 4.